The third-order valence-corrected chi connectivity index (χ3v) is 4.32. The van der Waals surface area contributed by atoms with Crippen molar-refractivity contribution >= 4 is 33.4 Å². The van der Waals surface area contributed by atoms with Gasteiger partial charge in [0.2, 0.25) is 5.95 Å². The van der Waals surface area contributed by atoms with E-state index in [4.69, 9.17) is 4.74 Å². The Kier molecular flexibility index (Phi) is 5.50. The first-order valence-electron chi connectivity index (χ1n) is 7.87. The minimum absolute atomic E-state index is 0.546. The lowest BCUT2D eigenvalue weighted by Crippen LogP contribution is -2.04. The highest BCUT2D eigenvalue weighted by Gasteiger charge is 2.04. The molecule has 3 rings (SSSR count). The van der Waals surface area contributed by atoms with Crippen molar-refractivity contribution in [1.82, 2.24) is 9.97 Å². The molecule has 25 heavy (non-hydrogen) atoms. The predicted molar refractivity (Wildman–Crippen MR) is 105 cm³/mol. The number of hydrogen-bond acceptors (Lipinski definition) is 5. The molecule has 0 aliphatic heterocycles. The lowest BCUT2D eigenvalue weighted by molar-refractivity contribution is 0.414. The molecule has 0 bridgehead atoms. The zero-order valence-electron chi connectivity index (χ0n) is 14.1. The summed E-state index contributed by atoms with van der Waals surface area (Å²) in [7, 11) is 1.66. The summed E-state index contributed by atoms with van der Waals surface area (Å²) in [6.07, 6.45) is 1.73. The number of benzene rings is 2. The molecule has 2 aromatic carbocycles. The van der Waals surface area contributed by atoms with Gasteiger partial charge in [0.25, 0.3) is 0 Å². The van der Waals surface area contributed by atoms with Crippen LogP contribution in [0.3, 0.4) is 0 Å². The fraction of sp³-hybridized carbons (Fsp3) is 0.158. The largest absolute Gasteiger partial charge is 0.497 e. The average molecular weight is 399 g/mol. The molecule has 6 heteroatoms. The van der Waals surface area contributed by atoms with Crippen molar-refractivity contribution in [3.63, 3.8) is 0 Å². The van der Waals surface area contributed by atoms with Crippen molar-refractivity contribution < 1.29 is 4.74 Å². The second kappa shape index (κ2) is 7.98. The van der Waals surface area contributed by atoms with E-state index in [1.54, 1.807) is 13.3 Å². The quantitative estimate of drug-likeness (QED) is 0.617. The number of aromatic nitrogens is 2. The highest BCUT2D eigenvalue weighted by Crippen LogP contribution is 2.25. The molecule has 0 unspecified atom stereocenters. The summed E-state index contributed by atoms with van der Waals surface area (Å²) < 4.78 is 6.15. The fourth-order valence-electron chi connectivity index (χ4n) is 2.30. The molecule has 1 heterocycles. The summed E-state index contributed by atoms with van der Waals surface area (Å²) >= 11 is 3.55. The maximum atomic E-state index is 5.17. The third-order valence-electron chi connectivity index (χ3n) is 3.66. The van der Waals surface area contributed by atoms with Crippen molar-refractivity contribution in [2.45, 2.75) is 13.5 Å². The average Bonchev–Trinajstić information content (AvgIpc) is 2.63. The Labute approximate surface area is 155 Å². The molecule has 0 atom stereocenters. The van der Waals surface area contributed by atoms with Crippen LogP contribution in [0.15, 0.2) is 59.2 Å². The van der Waals surface area contributed by atoms with E-state index in [1.165, 1.54) is 5.56 Å². The molecule has 0 radical (unpaired) electrons. The second-order valence-corrected chi connectivity index (χ2v) is 6.43. The summed E-state index contributed by atoms with van der Waals surface area (Å²) in [5, 5.41) is 6.53. The molecular weight excluding hydrogens is 380 g/mol. The minimum atomic E-state index is 0.546. The molecule has 1 aromatic heterocycles. The van der Waals surface area contributed by atoms with Gasteiger partial charge in [-0.3, -0.25) is 0 Å². The van der Waals surface area contributed by atoms with Gasteiger partial charge in [-0.25, -0.2) is 4.98 Å². The molecule has 0 saturated heterocycles. The van der Waals surface area contributed by atoms with E-state index in [9.17, 15) is 0 Å². The summed E-state index contributed by atoms with van der Waals surface area (Å²) in [4.78, 5) is 8.78. The first-order valence-corrected chi connectivity index (χ1v) is 8.66. The van der Waals surface area contributed by atoms with Crippen molar-refractivity contribution in [1.29, 1.82) is 0 Å². The van der Waals surface area contributed by atoms with Crippen LogP contribution in [0.2, 0.25) is 0 Å². The Morgan fingerprint density at radius 3 is 2.60 bits per heavy atom. The zero-order valence-corrected chi connectivity index (χ0v) is 15.7. The number of anilines is 3. The van der Waals surface area contributed by atoms with Crippen LogP contribution < -0.4 is 15.4 Å². The van der Waals surface area contributed by atoms with Gasteiger partial charge in [0.05, 0.1) is 12.8 Å². The Morgan fingerprint density at radius 1 is 1.08 bits per heavy atom. The van der Waals surface area contributed by atoms with E-state index in [-0.39, 0.29) is 0 Å². The number of rotatable bonds is 6. The first kappa shape index (κ1) is 17.2. The van der Waals surface area contributed by atoms with Crippen molar-refractivity contribution in [2.75, 3.05) is 17.7 Å². The van der Waals surface area contributed by atoms with Crippen LogP contribution in [-0.2, 0) is 6.54 Å². The number of methoxy groups -OCH3 is 1. The lowest BCUT2D eigenvalue weighted by atomic mass is 10.2. The molecule has 3 aromatic rings. The van der Waals surface area contributed by atoms with Gasteiger partial charge in [-0.15, -0.1) is 0 Å². The Morgan fingerprint density at radius 2 is 1.88 bits per heavy atom. The zero-order chi connectivity index (χ0) is 17.6. The van der Waals surface area contributed by atoms with Crippen LogP contribution in [0, 0.1) is 6.92 Å². The highest BCUT2D eigenvalue weighted by molar-refractivity contribution is 9.10. The smallest absolute Gasteiger partial charge is 0.229 e. The van der Waals surface area contributed by atoms with Gasteiger partial charge < -0.3 is 15.4 Å². The minimum Gasteiger partial charge on any atom is -0.497 e. The number of nitrogens with zero attached hydrogens (tertiary/aromatic N) is 2. The molecule has 0 fully saturated rings. The van der Waals surface area contributed by atoms with Gasteiger partial charge in [0.1, 0.15) is 11.6 Å². The summed E-state index contributed by atoms with van der Waals surface area (Å²) in [5.74, 6) is 2.15. The van der Waals surface area contributed by atoms with Crippen LogP contribution in [0.25, 0.3) is 0 Å². The maximum Gasteiger partial charge on any atom is 0.229 e. The fourth-order valence-corrected chi connectivity index (χ4v) is 2.89. The van der Waals surface area contributed by atoms with Crippen LogP contribution in [0.4, 0.5) is 17.5 Å². The molecule has 0 spiro atoms. The standard InChI is InChI=1S/C19H19BrN4O/c1-13-3-8-17(16(20)11-13)23-19-21-10-9-18(24-19)22-12-14-4-6-15(25-2)7-5-14/h3-11H,12H2,1-2H3,(H2,21,22,23,24). The Balaban J connectivity index is 1.66. The molecule has 0 aliphatic carbocycles. The summed E-state index contributed by atoms with van der Waals surface area (Å²) in [5.41, 5.74) is 3.27. The van der Waals surface area contributed by atoms with Crippen LogP contribution in [-0.4, -0.2) is 17.1 Å². The maximum absolute atomic E-state index is 5.17. The van der Waals surface area contributed by atoms with Crippen LogP contribution in [0.5, 0.6) is 5.75 Å². The molecule has 2 N–H and O–H groups in total. The summed E-state index contributed by atoms with van der Waals surface area (Å²) in [6, 6.07) is 15.9. The topological polar surface area (TPSA) is 59.1 Å². The molecular formula is C19H19BrN4O. The number of nitrogens with one attached hydrogen (secondary N) is 2. The normalized spacial score (nSPS) is 10.4. The molecule has 0 saturated carbocycles. The molecule has 128 valence electrons. The highest BCUT2D eigenvalue weighted by atomic mass is 79.9. The monoisotopic (exact) mass is 398 g/mol. The Hall–Kier alpha value is -2.60. The molecule has 5 nitrogen and oxygen atoms in total. The van der Waals surface area contributed by atoms with E-state index < -0.39 is 0 Å². The summed E-state index contributed by atoms with van der Waals surface area (Å²) in [6.45, 7) is 2.73. The van der Waals surface area contributed by atoms with E-state index in [2.05, 4.69) is 43.5 Å². The molecule has 0 amide bonds. The van der Waals surface area contributed by atoms with E-state index in [0.29, 0.717) is 12.5 Å². The van der Waals surface area contributed by atoms with Crippen molar-refractivity contribution in [3.05, 3.63) is 70.3 Å². The van der Waals surface area contributed by atoms with Gasteiger partial charge in [0, 0.05) is 17.2 Å². The SMILES string of the molecule is COc1ccc(CNc2ccnc(Nc3ccc(C)cc3Br)n2)cc1. The first-order chi connectivity index (χ1) is 12.1. The van der Waals surface area contributed by atoms with Crippen molar-refractivity contribution in [3.8, 4) is 5.75 Å². The van der Waals surface area contributed by atoms with E-state index in [0.717, 1.165) is 27.3 Å². The van der Waals surface area contributed by atoms with Gasteiger partial charge in [0.15, 0.2) is 0 Å². The van der Waals surface area contributed by atoms with Gasteiger partial charge >= 0.3 is 0 Å². The number of halogens is 1. The molecule has 0 aliphatic rings. The van der Waals surface area contributed by atoms with Gasteiger partial charge in [-0.05, 0) is 64.3 Å². The van der Waals surface area contributed by atoms with E-state index in [1.807, 2.05) is 48.5 Å². The van der Waals surface area contributed by atoms with E-state index >= 15 is 0 Å². The van der Waals surface area contributed by atoms with Crippen molar-refractivity contribution in [2.24, 2.45) is 0 Å². The predicted octanol–water partition coefficient (Wildman–Crippen LogP) is 4.91. The van der Waals surface area contributed by atoms with Crippen LogP contribution >= 0.6 is 15.9 Å². The van der Waals surface area contributed by atoms with Crippen LogP contribution in [0.1, 0.15) is 11.1 Å². The third kappa shape index (κ3) is 4.70. The van der Waals surface area contributed by atoms with Gasteiger partial charge in [-0.1, -0.05) is 18.2 Å². The Bertz CT molecular complexity index is 852. The number of ether oxygens (including phenoxy) is 1. The van der Waals surface area contributed by atoms with Gasteiger partial charge in [-0.2, -0.15) is 4.98 Å². The number of aryl methyl sites for hydroxylation is 1. The second-order valence-electron chi connectivity index (χ2n) is 5.58. The lowest BCUT2D eigenvalue weighted by Gasteiger charge is -2.10. The number of hydrogen-bond donors (Lipinski definition) is 2.